The van der Waals surface area contributed by atoms with E-state index in [2.05, 4.69) is 5.10 Å². The molecule has 0 aliphatic carbocycles. The topological polar surface area (TPSA) is 34.9 Å². The smallest absolute Gasteiger partial charge is 0.150 e. The lowest BCUT2D eigenvalue weighted by molar-refractivity contribution is 0.112. The molecule has 0 radical (unpaired) electrons. The Hall–Kier alpha value is -1.35. The highest BCUT2D eigenvalue weighted by molar-refractivity contribution is 6.35. The molecule has 13 heavy (non-hydrogen) atoms. The fourth-order valence-electron chi connectivity index (χ4n) is 1.33. The van der Waals surface area contributed by atoms with Crippen LogP contribution in [0.2, 0.25) is 5.15 Å². The van der Waals surface area contributed by atoms with Gasteiger partial charge >= 0.3 is 0 Å². The summed E-state index contributed by atoms with van der Waals surface area (Å²) in [5, 5.41) is 5.37. The van der Waals surface area contributed by atoms with Gasteiger partial charge in [0.15, 0.2) is 6.29 Å². The van der Waals surface area contributed by atoms with Crippen LogP contribution in [0.15, 0.2) is 18.2 Å². The zero-order valence-electron chi connectivity index (χ0n) is 6.99. The van der Waals surface area contributed by atoms with Gasteiger partial charge in [-0.15, -0.1) is 0 Å². The summed E-state index contributed by atoms with van der Waals surface area (Å²) in [6.07, 6.45) is 0.788. The lowest BCUT2D eigenvalue weighted by Crippen LogP contribution is -1.88. The molecule has 0 saturated heterocycles. The number of carbonyl (C=O) groups is 1. The van der Waals surface area contributed by atoms with E-state index in [0.29, 0.717) is 10.7 Å². The SMILES string of the molecule is Cn1nc2cccc(C=O)c2c1Cl. The van der Waals surface area contributed by atoms with E-state index in [0.717, 1.165) is 17.2 Å². The summed E-state index contributed by atoms with van der Waals surface area (Å²) in [6, 6.07) is 5.34. The molecule has 2 aromatic rings. The standard InChI is InChI=1S/C9H7ClN2O/c1-12-9(10)8-6(5-13)3-2-4-7(8)11-12/h2-5H,1H3. The van der Waals surface area contributed by atoms with Gasteiger partial charge < -0.3 is 0 Å². The first-order valence-electron chi connectivity index (χ1n) is 3.80. The van der Waals surface area contributed by atoms with Gasteiger partial charge in [-0.25, -0.2) is 0 Å². The Morgan fingerprint density at radius 1 is 1.54 bits per heavy atom. The average molecular weight is 195 g/mol. The van der Waals surface area contributed by atoms with Gasteiger partial charge in [-0.3, -0.25) is 9.48 Å². The Morgan fingerprint density at radius 2 is 2.31 bits per heavy atom. The fraction of sp³-hybridized carbons (Fsp3) is 0.111. The normalized spacial score (nSPS) is 10.6. The van der Waals surface area contributed by atoms with Crippen LogP contribution < -0.4 is 0 Å². The quantitative estimate of drug-likeness (QED) is 0.652. The van der Waals surface area contributed by atoms with Crippen molar-refractivity contribution in [1.29, 1.82) is 0 Å². The number of rotatable bonds is 1. The van der Waals surface area contributed by atoms with Crippen molar-refractivity contribution in [3.05, 3.63) is 28.9 Å². The van der Waals surface area contributed by atoms with Crippen LogP contribution in [0.25, 0.3) is 10.9 Å². The molecule has 1 aromatic carbocycles. The first-order valence-corrected chi connectivity index (χ1v) is 4.18. The summed E-state index contributed by atoms with van der Waals surface area (Å²) in [7, 11) is 1.75. The summed E-state index contributed by atoms with van der Waals surface area (Å²) in [6.45, 7) is 0. The van der Waals surface area contributed by atoms with Gasteiger partial charge in [0.05, 0.1) is 5.52 Å². The predicted molar refractivity (Wildman–Crippen MR) is 51.1 cm³/mol. The molecule has 0 atom stereocenters. The number of fused-ring (bicyclic) bond motifs is 1. The third kappa shape index (κ3) is 1.12. The molecule has 0 unspecified atom stereocenters. The third-order valence-electron chi connectivity index (χ3n) is 1.95. The van der Waals surface area contributed by atoms with Crippen molar-refractivity contribution in [2.24, 2.45) is 7.05 Å². The maximum absolute atomic E-state index is 10.7. The van der Waals surface area contributed by atoms with Crippen molar-refractivity contribution >= 4 is 28.8 Å². The summed E-state index contributed by atoms with van der Waals surface area (Å²) in [5.74, 6) is 0. The first kappa shape index (κ1) is 8.26. The number of aryl methyl sites for hydroxylation is 1. The highest BCUT2D eigenvalue weighted by Crippen LogP contribution is 2.24. The van der Waals surface area contributed by atoms with Gasteiger partial charge in [0, 0.05) is 18.0 Å². The minimum Gasteiger partial charge on any atom is -0.298 e. The highest BCUT2D eigenvalue weighted by atomic mass is 35.5. The second kappa shape index (κ2) is 2.85. The van der Waals surface area contributed by atoms with Crippen LogP contribution in [0, 0.1) is 0 Å². The van der Waals surface area contributed by atoms with E-state index in [1.807, 2.05) is 6.07 Å². The maximum Gasteiger partial charge on any atom is 0.150 e. The van der Waals surface area contributed by atoms with Crippen LogP contribution in [0.3, 0.4) is 0 Å². The van der Waals surface area contributed by atoms with Gasteiger partial charge in [-0.05, 0) is 6.07 Å². The zero-order chi connectivity index (χ0) is 9.42. The van der Waals surface area contributed by atoms with Crippen LogP contribution in [0.5, 0.6) is 0 Å². The number of benzene rings is 1. The maximum atomic E-state index is 10.7. The number of aromatic nitrogens is 2. The van der Waals surface area contributed by atoms with E-state index in [-0.39, 0.29) is 0 Å². The van der Waals surface area contributed by atoms with Gasteiger partial charge in [0.25, 0.3) is 0 Å². The van der Waals surface area contributed by atoms with E-state index in [1.165, 1.54) is 0 Å². The monoisotopic (exact) mass is 194 g/mol. The molecule has 0 fully saturated rings. The lowest BCUT2D eigenvalue weighted by atomic mass is 10.1. The molecule has 0 spiro atoms. The van der Waals surface area contributed by atoms with Crippen LogP contribution in [-0.2, 0) is 7.05 Å². The van der Waals surface area contributed by atoms with E-state index in [4.69, 9.17) is 11.6 Å². The Morgan fingerprint density at radius 3 is 3.00 bits per heavy atom. The van der Waals surface area contributed by atoms with Crippen LogP contribution in [0.1, 0.15) is 10.4 Å². The first-order chi connectivity index (χ1) is 6.24. The second-order valence-corrected chi connectivity index (χ2v) is 3.13. The molecule has 3 nitrogen and oxygen atoms in total. The van der Waals surface area contributed by atoms with Crippen molar-refractivity contribution in [2.45, 2.75) is 0 Å². The molecule has 4 heteroatoms. The van der Waals surface area contributed by atoms with Crippen molar-refractivity contribution in [3.8, 4) is 0 Å². The highest BCUT2D eigenvalue weighted by Gasteiger charge is 2.09. The van der Waals surface area contributed by atoms with Crippen molar-refractivity contribution in [1.82, 2.24) is 9.78 Å². The molecular weight excluding hydrogens is 188 g/mol. The zero-order valence-corrected chi connectivity index (χ0v) is 7.75. The molecule has 1 aromatic heterocycles. The van der Waals surface area contributed by atoms with Crippen LogP contribution in [-0.4, -0.2) is 16.1 Å². The van der Waals surface area contributed by atoms with E-state index in [9.17, 15) is 4.79 Å². The fourth-order valence-corrected chi connectivity index (χ4v) is 1.57. The average Bonchev–Trinajstić information content (AvgIpc) is 2.43. The minimum absolute atomic E-state index is 0.498. The number of halogens is 1. The third-order valence-corrected chi connectivity index (χ3v) is 2.38. The Bertz CT molecular complexity index is 476. The molecule has 66 valence electrons. The Kier molecular flexibility index (Phi) is 1.81. The number of carbonyl (C=O) groups excluding carboxylic acids is 1. The van der Waals surface area contributed by atoms with Crippen LogP contribution >= 0.6 is 11.6 Å². The molecule has 0 bridgehead atoms. The molecule has 1 heterocycles. The van der Waals surface area contributed by atoms with E-state index >= 15 is 0 Å². The number of nitrogens with zero attached hydrogens (tertiary/aromatic N) is 2. The lowest BCUT2D eigenvalue weighted by Gasteiger charge is -1.92. The van der Waals surface area contributed by atoms with Crippen LogP contribution in [0.4, 0.5) is 0 Å². The molecule has 0 amide bonds. The Labute approximate surface area is 79.9 Å². The second-order valence-electron chi connectivity index (χ2n) is 2.77. The number of hydrogen-bond acceptors (Lipinski definition) is 2. The van der Waals surface area contributed by atoms with Gasteiger partial charge in [-0.2, -0.15) is 5.10 Å². The van der Waals surface area contributed by atoms with Crippen molar-refractivity contribution < 1.29 is 4.79 Å². The molecule has 0 saturated carbocycles. The summed E-state index contributed by atoms with van der Waals surface area (Å²) < 4.78 is 1.55. The molecule has 2 rings (SSSR count). The Balaban J connectivity index is 2.94. The predicted octanol–water partition coefficient (Wildman–Crippen LogP) is 2.04. The van der Waals surface area contributed by atoms with E-state index in [1.54, 1.807) is 23.9 Å². The van der Waals surface area contributed by atoms with Crippen molar-refractivity contribution in [2.75, 3.05) is 0 Å². The largest absolute Gasteiger partial charge is 0.298 e. The van der Waals surface area contributed by atoms with Gasteiger partial charge in [-0.1, -0.05) is 23.7 Å². The molecule has 0 aliphatic heterocycles. The van der Waals surface area contributed by atoms with Gasteiger partial charge in [0.2, 0.25) is 0 Å². The van der Waals surface area contributed by atoms with E-state index < -0.39 is 0 Å². The molecule has 0 N–H and O–H groups in total. The summed E-state index contributed by atoms with van der Waals surface area (Å²) in [4.78, 5) is 10.7. The summed E-state index contributed by atoms with van der Waals surface area (Å²) >= 11 is 5.97. The summed E-state index contributed by atoms with van der Waals surface area (Å²) in [5.41, 5.74) is 1.33. The molecular formula is C9H7ClN2O. The van der Waals surface area contributed by atoms with Gasteiger partial charge in [0.1, 0.15) is 5.15 Å². The number of hydrogen-bond donors (Lipinski definition) is 0. The minimum atomic E-state index is 0.498. The van der Waals surface area contributed by atoms with Crippen molar-refractivity contribution in [3.63, 3.8) is 0 Å². The number of aldehydes is 1. The molecule has 0 aliphatic rings.